The maximum Gasteiger partial charge on any atom is 0.416 e. The number of alkyl halides is 3. The van der Waals surface area contributed by atoms with Gasteiger partial charge in [0.15, 0.2) is 0 Å². The number of nitrogens with zero attached hydrogens (tertiary/aromatic N) is 1. The molecule has 2 nitrogen and oxygen atoms in total. The maximum absolute atomic E-state index is 12.9. The summed E-state index contributed by atoms with van der Waals surface area (Å²) in [5, 5.41) is 11.8. The lowest BCUT2D eigenvalue weighted by Gasteiger charge is -2.29. The van der Waals surface area contributed by atoms with E-state index in [2.05, 4.69) is 11.4 Å². The molecule has 1 N–H and O–H groups in total. The SMILES string of the molecule is N#CC1CCCC(c2ccccc2C(F)(F)F)N1. The topological polar surface area (TPSA) is 35.8 Å². The van der Waals surface area contributed by atoms with Crippen LogP contribution in [0.25, 0.3) is 0 Å². The van der Waals surface area contributed by atoms with Crippen molar-refractivity contribution in [3.63, 3.8) is 0 Å². The standard InChI is InChI=1S/C13H13F3N2/c14-13(15,16)11-6-2-1-5-10(11)12-7-3-4-9(8-17)18-12/h1-2,5-6,9,12,18H,3-4,7H2. The van der Waals surface area contributed by atoms with Gasteiger partial charge in [0.1, 0.15) is 0 Å². The second-order valence-electron chi connectivity index (χ2n) is 4.42. The fraction of sp³-hybridized carbons (Fsp3) is 0.462. The van der Waals surface area contributed by atoms with Crippen LogP contribution in [0.4, 0.5) is 13.2 Å². The molecule has 1 aliphatic rings. The summed E-state index contributed by atoms with van der Waals surface area (Å²) in [5.74, 6) is 0. The lowest BCUT2D eigenvalue weighted by Crippen LogP contribution is -2.36. The molecular formula is C13H13F3N2. The minimum absolute atomic E-state index is 0.241. The number of hydrogen-bond acceptors (Lipinski definition) is 2. The molecule has 0 bridgehead atoms. The van der Waals surface area contributed by atoms with Crippen LogP contribution in [-0.4, -0.2) is 6.04 Å². The monoisotopic (exact) mass is 254 g/mol. The Morgan fingerprint density at radius 2 is 1.94 bits per heavy atom. The number of nitriles is 1. The first-order chi connectivity index (χ1) is 8.52. The van der Waals surface area contributed by atoms with Gasteiger partial charge in [0.05, 0.1) is 17.7 Å². The fourth-order valence-electron chi connectivity index (χ4n) is 2.34. The first kappa shape index (κ1) is 12.9. The van der Waals surface area contributed by atoms with Crippen LogP contribution in [0.1, 0.15) is 36.4 Å². The van der Waals surface area contributed by atoms with Crippen molar-refractivity contribution in [3.05, 3.63) is 35.4 Å². The molecule has 1 fully saturated rings. The van der Waals surface area contributed by atoms with Gasteiger partial charge in [0, 0.05) is 6.04 Å². The highest BCUT2D eigenvalue weighted by atomic mass is 19.4. The molecule has 2 atom stereocenters. The Kier molecular flexibility index (Phi) is 3.58. The highest BCUT2D eigenvalue weighted by molar-refractivity contribution is 5.33. The predicted molar refractivity (Wildman–Crippen MR) is 60.6 cm³/mol. The molecule has 96 valence electrons. The third-order valence-electron chi connectivity index (χ3n) is 3.19. The number of benzene rings is 1. The van der Waals surface area contributed by atoms with Crippen molar-refractivity contribution < 1.29 is 13.2 Å². The van der Waals surface area contributed by atoms with Gasteiger partial charge in [-0.15, -0.1) is 0 Å². The molecule has 5 heteroatoms. The summed E-state index contributed by atoms with van der Waals surface area (Å²) in [7, 11) is 0. The zero-order valence-electron chi connectivity index (χ0n) is 9.67. The molecule has 0 radical (unpaired) electrons. The summed E-state index contributed by atoms with van der Waals surface area (Å²) in [6, 6.07) is 6.89. The van der Waals surface area contributed by atoms with Crippen molar-refractivity contribution in [1.29, 1.82) is 5.26 Å². The van der Waals surface area contributed by atoms with Crippen molar-refractivity contribution in [3.8, 4) is 6.07 Å². The Morgan fingerprint density at radius 3 is 2.61 bits per heavy atom. The van der Waals surface area contributed by atoms with Gasteiger partial charge >= 0.3 is 6.18 Å². The normalized spacial score (nSPS) is 24.6. The molecule has 1 aromatic carbocycles. The Labute approximate surface area is 103 Å². The molecule has 1 heterocycles. The van der Waals surface area contributed by atoms with Crippen LogP contribution >= 0.6 is 0 Å². The van der Waals surface area contributed by atoms with E-state index < -0.39 is 11.7 Å². The van der Waals surface area contributed by atoms with Crippen LogP contribution in [0.5, 0.6) is 0 Å². The average Bonchev–Trinajstić information content (AvgIpc) is 2.38. The van der Waals surface area contributed by atoms with Crippen LogP contribution in [-0.2, 0) is 6.18 Å². The summed E-state index contributed by atoms with van der Waals surface area (Å²) in [4.78, 5) is 0. The first-order valence-corrected chi connectivity index (χ1v) is 5.84. The largest absolute Gasteiger partial charge is 0.416 e. The molecule has 2 unspecified atom stereocenters. The van der Waals surface area contributed by atoms with Crippen molar-refractivity contribution >= 4 is 0 Å². The zero-order valence-corrected chi connectivity index (χ0v) is 9.67. The highest BCUT2D eigenvalue weighted by Gasteiger charge is 2.35. The zero-order chi connectivity index (χ0) is 13.2. The molecule has 0 aromatic heterocycles. The van der Waals surface area contributed by atoms with Crippen LogP contribution in [0, 0.1) is 11.3 Å². The fourth-order valence-corrected chi connectivity index (χ4v) is 2.34. The van der Waals surface area contributed by atoms with Crippen LogP contribution in [0.15, 0.2) is 24.3 Å². The van der Waals surface area contributed by atoms with E-state index in [1.807, 2.05) is 0 Å². The Bertz CT molecular complexity index is 462. The van der Waals surface area contributed by atoms with E-state index in [9.17, 15) is 13.2 Å². The lowest BCUT2D eigenvalue weighted by molar-refractivity contribution is -0.138. The summed E-state index contributed by atoms with van der Waals surface area (Å²) in [6.45, 7) is 0. The van der Waals surface area contributed by atoms with Crippen LogP contribution in [0.3, 0.4) is 0 Å². The minimum atomic E-state index is -4.35. The van der Waals surface area contributed by atoms with Crippen molar-refractivity contribution in [2.24, 2.45) is 0 Å². The van der Waals surface area contributed by atoms with Crippen molar-refractivity contribution in [2.75, 3.05) is 0 Å². The van der Waals surface area contributed by atoms with Crippen LogP contribution in [0.2, 0.25) is 0 Å². The van der Waals surface area contributed by atoms with E-state index in [0.29, 0.717) is 12.8 Å². The molecule has 2 rings (SSSR count). The number of nitrogens with one attached hydrogen (secondary N) is 1. The number of hydrogen-bond donors (Lipinski definition) is 1. The van der Waals surface area contributed by atoms with Gasteiger partial charge in [-0.1, -0.05) is 18.2 Å². The molecule has 1 aromatic rings. The van der Waals surface area contributed by atoms with Crippen molar-refractivity contribution in [1.82, 2.24) is 5.32 Å². The Balaban J connectivity index is 2.31. The van der Waals surface area contributed by atoms with Gasteiger partial charge in [-0.3, -0.25) is 5.32 Å². The van der Waals surface area contributed by atoms with Gasteiger partial charge in [0.25, 0.3) is 0 Å². The number of rotatable bonds is 1. The Hall–Kier alpha value is -1.54. The molecule has 18 heavy (non-hydrogen) atoms. The molecule has 0 aliphatic carbocycles. The van der Waals surface area contributed by atoms with Gasteiger partial charge in [-0.2, -0.15) is 18.4 Å². The minimum Gasteiger partial charge on any atom is -0.295 e. The number of piperidine rings is 1. The summed E-state index contributed by atoms with van der Waals surface area (Å²) >= 11 is 0. The van der Waals surface area contributed by atoms with Gasteiger partial charge in [-0.05, 0) is 30.9 Å². The van der Waals surface area contributed by atoms with E-state index in [0.717, 1.165) is 12.5 Å². The summed E-state index contributed by atoms with van der Waals surface area (Å²) in [5.41, 5.74) is -0.369. The van der Waals surface area contributed by atoms with E-state index in [1.165, 1.54) is 12.1 Å². The van der Waals surface area contributed by atoms with Gasteiger partial charge in [-0.25, -0.2) is 0 Å². The first-order valence-electron chi connectivity index (χ1n) is 5.84. The molecule has 1 saturated heterocycles. The highest BCUT2D eigenvalue weighted by Crippen LogP contribution is 2.37. The number of halogens is 3. The third-order valence-corrected chi connectivity index (χ3v) is 3.19. The molecule has 1 aliphatic heterocycles. The predicted octanol–water partition coefficient (Wildman–Crippen LogP) is 3.41. The molecule has 0 saturated carbocycles. The van der Waals surface area contributed by atoms with E-state index in [1.54, 1.807) is 6.07 Å². The Morgan fingerprint density at radius 1 is 1.22 bits per heavy atom. The van der Waals surface area contributed by atoms with Gasteiger partial charge in [0.2, 0.25) is 0 Å². The van der Waals surface area contributed by atoms with E-state index in [-0.39, 0.29) is 17.6 Å². The molecule has 0 amide bonds. The average molecular weight is 254 g/mol. The van der Waals surface area contributed by atoms with E-state index >= 15 is 0 Å². The lowest BCUT2D eigenvalue weighted by atomic mass is 9.91. The smallest absolute Gasteiger partial charge is 0.295 e. The summed E-state index contributed by atoms with van der Waals surface area (Å²) < 4.78 is 38.7. The molecular weight excluding hydrogens is 241 g/mol. The maximum atomic E-state index is 12.9. The molecule has 0 spiro atoms. The second-order valence-corrected chi connectivity index (χ2v) is 4.42. The summed E-state index contributed by atoms with van der Waals surface area (Å²) in [6.07, 6.45) is -2.26. The van der Waals surface area contributed by atoms with Crippen LogP contribution < -0.4 is 5.32 Å². The quantitative estimate of drug-likeness (QED) is 0.833. The van der Waals surface area contributed by atoms with Gasteiger partial charge < -0.3 is 0 Å². The van der Waals surface area contributed by atoms with Crippen molar-refractivity contribution in [2.45, 2.75) is 37.5 Å². The second kappa shape index (κ2) is 4.99. The third kappa shape index (κ3) is 2.65. The van der Waals surface area contributed by atoms with E-state index in [4.69, 9.17) is 5.26 Å².